The third kappa shape index (κ3) is 2.41. The molecule has 1 aliphatic carbocycles. The van der Waals surface area contributed by atoms with Crippen LogP contribution in [-0.2, 0) is 9.53 Å². The number of hydrogen-bond acceptors (Lipinski definition) is 4. The Morgan fingerprint density at radius 3 is 2.29 bits per heavy atom. The van der Waals surface area contributed by atoms with Crippen LogP contribution in [0.25, 0.3) is 0 Å². The van der Waals surface area contributed by atoms with Crippen LogP contribution in [0.4, 0.5) is 0 Å². The molecule has 4 heteroatoms. The third-order valence-electron chi connectivity index (χ3n) is 3.09. The van der Waals surface area contributed by atoms with Crippen LogP contribution >= 0.6 is 11.8 Å². The molecule has 0 amide bonds. The fourth-order valence-electron chi connectivity index (χ4n) is 1.90. The smallest absolute Gasteiger partial charge is 0.322 e. The molecule has 1 aromatic rings. The van der Waals surface area contributed by atoms with E-state index in [1.807, 2.05) is 24.3 Å². The maximum absolute atomic E-state index is 11.8. The summed E-state index contributed by atoms with van der Waals surface area (Å²) in [5.41, 5.74) is 0. The van der Waals surface area contributed by atoms with Crippen LogP contribution in [0.1, 0.15) is 19.3 Å². The van der Waals surface area contributed by atoms with Crippen molar-refractivity contribution < 1.29 is 14.3 Å². The Hall–Kier alpha value is -1.16. The van der Waals surface area contributed by atoms with Crippen LogP contribution in [0.3, 0.4) is 0 Å². The fourth-order valence-corrected chi connectivity index (χ4v) is 3.28. The lowest BCUT2D eigenvalue weighted by Gasteiger charge is -2.38. The van der Waals surface area contributed by atoms with E-state index in [-0.39, 0.29) is 10.7 Å². The number of methoxy groups -OCH3 is 2. The number of carbonyl (C=O) groups is 1. The molecule has 1 saturated carbocycles. The van der Waals surface area contributed by atoms with Gasteiger partial charge in [0, 0.05) is 4.90 Å². The van der Waals surface area contributed by atoms with Gasteiger partial charge in [0.1, 0.15) is 10.5 Å². The molecule has 0 aromatic heterocycles. The molecule has 0 heterocycles. The van der Waals surface area contributed by atoms with E-state index in [2.05, 4.69) is 0 Å². The monoisotopic (exact) mass is 252 g/mol. The van der Waals surface area contributed by atoms with Crippen molar-refractivity contribution in [1.82, 2.24) is 0 Å². The van der Waals surface area contributed by atoms with Crippen LogP contribution in [-0.4, -0.2) is 24.9 Å². The van der Waals surface area contributed by atoms with E-state index in [0.29, 0.717) is 0 Å². The van der Waals surface area contributed by atoms with Crippen molar-refractivity contribution >= 4 is 17.7 Å². The van der Waals surface area contributed by atoms with Crippen LogP contribution < -0.4 is 4.74 Å². The highest BCUT2D eigenvalue weighted by Gasteiger charge is 2.46. The molecule has 1 fully saturated rings. The van der Waals surface area contributed by atoms with Gasteiger partial charge in [-0.1, -0.05) is 0 Å². The Labute approximate surface area is 105 Å². The molecule has 0 bridgehead atoms. The molecule has 92 valence electrons. The zero-order valence-corrected chi connectivity index (χ0v) is 10.9. The summed E-state index contributed by atoms with van der Waals surface area (Å²) < 4.78 is 9.64. The molecular formula is C13H16O3S. The van der Waals surface area contributed by atoms with Crippen molar-refractivity contribution in [2.45, 2.75) is 28.9 Å². The van der Waals surface area contributed by atoms with Gasteiger partial charge in [0.2, 0.25) is 0 Å². The second-order valence-electron chi connectivity index (χ2n) is 4.12. The second kappa shape index (κ2) is 5.00. The first-order chi connectivity index (χ1) is 8.20. The van der Waals surface area contributed by atoms with Crippen molar-refractivity contribution in [2.75, 3.05) is 14.2 Å². The zero-order chi connectivity index (χ0) is 12.3. The van der Waals surface area contributed by atoms with Crippen molar-refractivity contribution in [3.8, 4) is 5.75 Å². The summed E-state index contributed by atoms with van der Waals surface area (Å²) >= 11 is 1.60. The lowest BCUT2D eigenvalue weighted by molar-refractivity contribution is -0.145. The average molecular weight is 252 g/mol. The second-order valence-corrected chi connectivity index (χ2v) is 5.57. The van der Waals surface area contributed by atoms with Crippen LogP contribution in [0, 0.1) is 0 Å². The maximum atomic E-state index is 11.8. The number of ether oxygens (including phenoxy) is 2. The number of esters is 1. The minimum absolute atomic E-state index is 0.107. The van der Waals surface area contributed by atoms with Crippen LogP contribution in [0.15, 0.2) is 29.2 Å². The zero-order valence-electron chi connectivity index (χ0n) is 10.1. The molecule has 17 heavy (non-hydrogen) atoms. The van der Waals surface area contributed by atoms with Gasteiger partial charge in [-0.25, -0.2) is 0 Å². The predicted octanol–water partition coefficient (Wildman–Crippen LogP) is 2.88. The van der Waals surface area contributed by atoms with E-state index in [4.69, 9.17) is 9.47 Å². The first-order valence-corrected chi connectivity index (χ1v) is 6.43. The highest BCUT2D eigenvalue weighted by Crippen LogP contribution is 2.48. The van der Waals surface area contributed by atoms with Gasteiger partial charge in [-0.2, -0.15) is 0 Å². The molecular weight excluding hydrogens is 236 g/mol. The predicted molar refractivity (Wildman–Crippen MR) is 67.4 cm³/mol. The molecule has 1 aliphatic rings. The lowest BCUT2D eigenvalue weighted by atomic mass is 9.84. The Morgan fingerprint density at radius 2 is 1.88 bits per heavy atom. The van der Waals surface area contributed by atoms with Gasteiger partial charge in [0.15, 0.2) is 0 Å². The minimum Gasteiger partial charge on any atom is -0.497 e. The van der Waals surface area contributed by atoms with Crippen molar-refractivity contribution in [3.05, 3.63) is 24.3 Å². The Balaban J connectivity index is 2.10. The van der Waals surface area contributed by atoms with Gasteiger partial charge in [0.05, 0.1) is 14.2 Å². The first kappa shape index (κ1) is 12.3. The number of benzene rings is 1. The van der Waals surface area contributed by atoms with E-state index < -0.39 is 0 Å². The SMILES string of the molecule is COC(=O)C1(Sc2ccc(OC)cc2)CCC1. The van der Waals surface area contributed by atoms with Crippen molar-refractivity contribution in [3.63, 3.8) is 0 Å². The summed E-state index contributed by atoms with van der Waals surface area (Å²) in [4.78, 5) is 12.9. The van der Waals surface area contributed by atoms with Gasteiger partial charge in [-0.05, 0) is 43.5 Å². The quantitative estimate of drug-likeness (QED) is 0.772. The number of thioether (sulfide) groups is 1. The molecule has 0 radical (unpaired) electrons. The first-order valence-electron chi connectivity index (χ1n) is 5.62. The summed E-state index contributed by atoms with van der Waals surface area (Å²) in [6.07, 6.45) is 2.89. The Kier molecular flexibility index (Phi) is 3.62. The van der Waals surface area contributed by atoms with E-state index in [0.717, 1.165) is 29.9 Å². The topological polar surface area (TPSA) is 35.5 Å². The Morgan fingerprint density at radius 1 is 1.24 bits per heavy atom. The van der Waals surface area contributed by atoms with E-state index >= 15 is 0 Å². The summed E-state index contributed by atoms with van der Waals surface area (Å²) in [5.74, 6) is 0.722. The third-order valence-corrected chi connectivity index (χ3v) is 4.56. The summed E-state index contributed by atoms with van der Waals surface area (Å²) in [6, 6.07) is 7.77. The summed E-state index contributed by atoms with van der Waals surface area (Å²) in [6.45, 7) is 0. The van der Waals surface area contributed by atoms with E-state index in [1.54, 1.807) is 18.9 Å². The maximum Gasteiger partial charge on any atom is 0.322 e. The Bertz CT molecular complexity index is 396. The summed E-state index contributed by atoms with van der Waals surface area (Å²) in [7, 11) is 3.10. The largest absolute Gasteiger partial charge is 0.497 e. The van der Waals surface area contributed by atoms with Gasteiger partial charge < -0.3 is 9.47 Å². The van der Waals surface area contributed by atoms with Crippen LogP contribution in [0.5, 0.6) is 5.75 Å². The number of hydrogen-bond donors (Lipinski definition) is 0. The highest BCUT2D eigenvalue weighted by molar-refractivity contribution is 8.01. The molecule has 3 nitrogen and oxygen atoms in total. The number of carbonyl (C=O) groups excluding carboxylic acids is 1. The molecule has 1 aromatic carbocycles. The van der Waals surface area contributed by atoms with Gasteiger partial charge in [0.25, 0.3) is 0 Å². The molecule has 0 atom stereocenters. The summed E-state index contributed by atoms with van der Waals surface area (Å²) in [5, 5.41) is 0. The van der Waals surface area contributed by atoms with E-state index in [9.17, 15) is 4.79 Å². The lowest BCUT2D eigenvalue weighted by Crippen LogP contribution is -2.42. The van der Waals surface area contributed by atoms with Crippen molar-refractivity contribution in [2.24, 2.45) is 0 Å². The number of rotatable bonds is 4. The van der Waals surface area contributed by atoms with E-state index in [1.165, 1.54) is 7.11 Å². The fraction of sp³-hybridized carbons (Fsp3) is 0.462. The molecule has 0 saturated heterocycles. The van der Waals surface area contributed by atoms with Gasteiger partial charge in [-0.15, -0.1) is 11.8 Å². The molecule has 0 unspecified atom stereocenters. The molecule has 0 N–H and O–H groups in total. The normalized spacial score (nSPS) is 17.1. The average Bonchev–Trinajstić information content (AvgIpc) is 2.33. The molecule has 0 spiro atoms. The highest BCUT2D eigenvalue weighted by atomic mass is 32.2. The molecule has 2 rings (SSSR count). The van der Waals surface area contributed by atoms with Gasteiger partial charge >= 0.3 is 5.97 Å². The van der Waals surface area contributed by atoms with Gasteiger partial charge in [-0.3, -0.25) is 4.79 Å². The molecule has 0 aliphatic heterocycles. The minimum atomic E-state index is -0.358. The standard InChI is InChI=1S/C13H16O3S/c1-15-10-4-6-11(7-5-10)17-13(8-3-9-13)12(14)16-2/h4-7H,3,8-9H2,1-2H3. The van der Waals surface area contributed by atoms with Crippen LogP contribution in [0.2, 0.25) is 0 Å². The van der Waals surface area contributed by atoms with Crippen molar-refractivity contribution in [1.29, 1.82) is 0 Å².